The Kier molecular flexibility index (Phi) is 5.26. The van der Waals surface area contributed by atoms with Crippen molar-refractivity contribution in [3.63, 3.8) is 0 Å². The fourth-order valence-corrected chi connectivity index (χ4v) is 7.98. The third-order valence-corrected chi connectivity index (χ3v) is 9.00. The highest BCUT2D eigenvalue weighted by Gasteiger charge is 2.56. The normalized spacial score (nSPS) is 27.8. The van der Waals surface area contributed by atoms with Gasteiger partial charge in [-0.2, -0.15) is 0 Å². The minimum absolute atomic E-state index is 0.0422. The van der Waals surface area contributed by atoms with E-state index in [0.29, 0.717) is 0 Å². The van der Waals surface area contributed by atoms with Gasteiger partial charge in [-0.15, -0.1) is 0 Å². The van der Waals surface area contributed by atoms with Gasteiger partial charge in [0.25, 0.3) is 7.59 Å². The van der Waals surface area contributed by atoms with E-state index in [2.05, 4.69) is 47.5 Å². The highest BCUT2D eigenvalue weighted by Crippen LogP contribution is 2.64. The summed E-state index contributed by atoms with van der Waals surface area (Å²) in [5, 5.41) is 0. The second kappa shape index (κ2) is 7.52. The first-order valence-electron chi connectivity index (χ1n) is 10.1. The summed E-state index contributed by atoms with van der Waals surface area (Å²) in [5.74, 6) is 0. The van der Waals surface area contributed by atoms with Crippen LogP contribution in [0.25, 0.3) is 0 Å². The molecule has 0 aromatic heterocycles. The lowest BCUT2D eigenvalue weighted by atomic mass is 9.88. The molecule has 1 saturated heterocycles. The Hall–Kier alpha value is -1.45. The molecule has 2 fully saturated rings. The minimum atomic E-state index is -3.15. The van der Waals surface area contributed by atoms with Crippen LogP contribution in [0.2, 0.25) is 0 Å². The zero-order valence-electron chi connectivity index (χ0n) is 16.2. The van der Waals surface area contributed by atoms with Crippen molar-refractivity contribution in [1.29, 1.82) is 0 Å². The lowest BCUT2D eigenvalue weighted by Crippen LogP contribution is -2.41. The second-order valence-electron chi connectivity index (χ2n) is 7.94. The first-order valence-corrected chi connectivity index (χ1v) is 11.8. The van der Waals surface area contributed by atoms with E-state index in [1.165, 1.54) is 24.0 Å². The molecule has 2 aromatic carbocycles. The number of fused-ring (bicyclic) bond motifs is 1. The molecule has 4 rings (SSSR count). The molecule has 0 spiro atoms. The summed E-state index contributed by atoms with van der Waals surface area (Å²) in [6.07, 6.45) is 4.52. The molecule has 1 aliphatic heterocycles. The maximum atomic E-state index is 14.1. The Morgan fingerprint density at radius 2 is 1.19 bits per heavy atom. The van der Waals surface area contributed by atoms with Crippen LogP contribution in [0, 0.1) is 0 Å². The summed E-state index contributed by atoms with van der Waals surface area (Å²) in [6.45, 7) is 4.30. The van der Waals surface area contributed by atoms with Gasteiger partial charge in [0.15, 0.2) is 0 Å². The highest BCUT2D eigenvalue weighted by atomic mass is 31.2. The van der Waals surface area contributed by atoms with Crippen molar-refractivity contribution in [2.75, 3.05) is 0 Å². The molecule has 4 nitrogen and oxygen atoms in total. The lowest BCUT2D eigenvalue weighted by molar-refractivity contribution is 0.166. The van der Waals surface area contributed by atoms with Crippen molar-refractivity contribution in [3.05, 3.63) is 71.8 Å². The Morgan fingerprint density at radius 1 is 0.815 bits per heavy atom. The van der Waals surface area contributed by atoms with Gasteiger partial charge in [-0.1, -0.05) is 73.5 Å². The molecule has 4 atom stereocenters. The van der Waals surface area contributed by atoms with E-state index < -0.39 is 7.59 Å². The molecule has 1 aliphatic carbocycles. The SMILES string of the molecule is C[C@H](c1ccccc1)N1[C@H]2CCCC[C@@H]2N([C@H](C)c2ccccc2)P1(N)=O. The van der Waals surface area contributed by atoms with Crippen molar-refractivity contribution in [2.24, 2.45) is 5.50 Å². The number of nitrogens with zero attached hydrogens (tertiary/aromatic N) is 2. The van der Waals surface area contributed by atoms with Gasteiger partial charge in [0, 0.05) is 24.2 Å². The molecule has 1 heterocycles. The fourth-order valence-electron chi connectivity index (χ4n) is 5.09. The Labute approximate surface area is 162 Å². The second-order valence-corrected chi connectivity index (χ2v) is 10.0. The number of hydrogen-bond acceptors (Lipinski definition) is 1. The standard InChI is InChI=1S/C22H30N3OP/c1-17(19-11-5-3-6-12-19)24-21-15-9-10-16-22(21)25(27(24,23)26)18(2)20-13-7-4-8-14-20/h3-8,11-14,17-18,21-22H,9-10,15-16H2,1-2H3,(H2,23,26)/t17-,18-,21+,22+/m1/s1. The first kappa shape index (κ1) is 18.9. The molecule has 0 amide bonds. The lowest BCUT2D eigenvalue weighted by Gasteiger charge is -2.35. The molecule has 0 bridgehead atoms. The van der Waals surface area contributed by atoms with E-state index in [4.69, 9.17) is 5.50 Å². The van der Waals surface area contributed by atoms with E-state index in [1.54, 1.807) is 0 Å². The molecule has 2 N–H and O–H groups in total. The molecule has 2 aliphatic rings. The number of nitrogens with two attached hydrogens (primary N) is 1. The predicted octanol–water partition coefficient (Wildman–Crippen LogP) is 5.50. The molecule has 1 saturated carbocycles. The summed E-state index contributed by atoms with van der Waals surface area (Å²) in [4.78, 5) is 0. The van der Waals surface area contributed by atoms with Gasteiger partial charge in [-0.25, -0.2) is 9.34 Å². The van der Waals surface area contributed by atoms with Crippen molar-refractivity contribution in [2.45, 2.75) is 63.7 Å². The smallest absolute Gasteiger partial charge is 0.271 e. The molecular formula is C22H30N3OP. The van der Waals surface area contributed by atoms with Crippen LogP contribution in [-0.2, 0) is 4.57 Å². The minimum Gasteiger partial charge on any atom is -0.271 e. The summed E-state index contributed by atoms with van der Waals surface area (Å²) >= 11 is 0. The zero-order valence-corrected chi connectivity index (χ0v) is 17.1. The third-order valence-electron chi connectivity index (χ3n) is 6.39. The van der Waals surface area contributed by atoms with Crippen molar-refractivity contribution < 1.29 is 4.57 Å². The average Bonchev–Trinajstić information content (AvgIpc) is 2.94. The first-order chi connectivity index (χ1) is 13.0. The van der Waals surface area contributed by atoms with Gasteiger partial charge in [-0.05, 0) is 37.8 Å². The summed E-state index contributed by atoms with van der Waals surface area (Å²) < 4.78 is 18.4. The van der Waals surface area contributed by atoms with E-state index >= 15 is 0 Å². The molecule has 27 heavy (non-hydrogen) atoms. The number of rotatable bonds is 4. The van der Waals surface area contributed by atoms with E-state index in [-0.39, 0.29) is 24.2 Å². The van der Waals surface area contributed by atoms with Gasteiger partial charge in [0.2, 0.25) is 0 Å². The van der Waals surface area contributed by atoms with Crippen LogP contribution in [-0.4, -0.2) is 21.4 Å². The van der Waals surface area contributed by atoms with Crippen LogP contribution in [0.5, 0.6) is 0 Å². The van der Waals surface area contributed by atoms with Crippen LogP contribution >= 0.6 is 7.59 Å². The quantitative estimate of drug-likeness (QED) is 0.708. The van der Waals surface area contributed by atoms with E-state index in [1.807, 2.05) is 36.4 Å². The summed E-state index contributed by atoms with van der Waals surface area (Å²) in [6, 6.07) is 21.3. The van der Waals surface area contributed by atoms with Gasteiger partial charge < -0.3 is 0 Å². The van der Waals surface area contributed by atoms with Crippen molar-refractivity contribution >= 4 is 7.59 Å². The van der Waals surface area contributed by atoms with E-state index in [9.17, 15) is 4.57 Å². The van der Waals surface area contributed by atoms with Crippen molar-refractivity contribution in [3.8, 4) is 0 Å². The molecule has 144 valence electrons. The molecular weight excluding hydrogens is 353 g/mol. The van der Waals surface area contributed by atoms with Crippen LogP contribution < -0.4 is 5.50 Å². The Bertz CT molecular complexity index is 747. The molecule has 0 radical (unpaired) electrons. The van der Waals surface area contributed by atoms with Gasteiger partial charge in [0.1, 0.15) is 0 Å². The van der Waals surface area contributed by atoms with Gasteiger partial charge in [0.05, 0.1) is 0 Å². The zero-order chi connectivity index (χ0) is 19.0. The van der Waals surface area contributed by atoms with Gasteiger partial charge >= 0.3 is 0 Å². The van der Waals surface area contributed by atoms with Gasteiger partial charge in [-0.3, -0.25) is 10.1 Å². The van der Waals surface area contributed by atoms with Crippen LogP contribution in [0.3, 0.4) is 0 Å². The average molecular weight is 383 g/mol. The van der Waals surface area contributed by atoms with Crippen molar-refractivity contribution in [1.82, 2.24) is 9.34 Å². The van der Waals surface area contributed by atoms with E-state index in [0.717, 1.165) is 12.8 Å². The molecule has 0 unspecified atom stereocenters. The Morgan fingerprint density at radius 3 is 1.56 bits per heavy atom. The summed E-state index contributed by atoms with van der Waals surface area (Å²) in [7, 11) is -3.15. The van der Waals surface area contributed by atoms with Crippen LogP contribution in [0.4, 0.5) is 0 Å². The van der Waals surface area contributed by atoms with Crippen LogP contribution in [0.1, 0.15) is 62.7 Å². The third kappa shape index (κ3) is 3.30. The maximum absolute atomic E-state index is 14.1. The highest BCUT2D eigenvalue weighted by molar-refractivity contribution is 7.56. The molecule has 2 aromatic rings. The fraction of sp³-hybridized carbons (Fsp3) is 0.455. The number of benzene rings is 2. The summed E-state index contributed by atoms with van der Waals surface area (Å²) in [5.41, 5.74) is 9.07. The number of hydrogen-bond donors (Lipinski definition) is 1. The monoisotopic (exact) mass is 383 g/mol. The largest absolute Gasteiger partial charge is 0.283 e. The topological polar surface area (TPSA) is 49.6 Å². The van der Waals surface area contributed by atoms with Crippen LogP contribution in [0.15, 0.2) is 60.7 Å². The maximum Gasteiger partial charge on any atom is 0.283 e. The Balaban J connectivity index is 1.73. The molecule has 5 heteroatoms. The predicted molar refractivity (Wildman–Crippen MR) is 111 cm³/mol.